The Bertz CT molecular complexity index is 662. The van der Waals surface area contributed by atoms with Gasteiger partial charge in [-0.2, -0.15) is 5.10 Å². The summed E-state index contributed by atoms with van der Waals surface area (Å²) in [5.74, 6) is 2.22. The molecule has 0 atom stereocenters. The van der Waals surface area contributed by atoms with Gasteiger partial charge in [-0.25, -0.2) is 9.66 Å². The van der Waals surface area contributed by atoms with E-state index in [2.05, 4.69) is 23.9 Å². The van der Waals surface area contributed by atoms with Gasteiger partial charge in [-0.1, -0.05) is 13.8 Å². The van der Waals surface area contributed by atoms with Gasteiger partial charge in [-0.3, -0.25) is 0 Å². The van der Waals surface area contributed by atoms with Crippen LogP contribution in [-0.4, -0.2) is 29.6 Å². The highest BCUT2D eigenvalue weighted by Gasteiger charge is 2.06. The maximum absolute atomic E-state index is 5.75. The van der Waals surface area contributed by atoms with Gasteiger partial charge in [0.05, 0.1) is 31.8 Å². The summed E-state index contributed by atoms with van der Waals surface area (Å²) in [6.07, 6.45) is 3.47. The van der Waals surface area contributed by atoms with Gasteiger partial charge in [0.2, 0.25) is 5.95 Å². The van der Waals surface area contributed by atoms with Crippen LogP contribution in [0.3, 0.4) is 0 Å². The monoisotopic (exact) mass is 302 g/mol. The number of ether oxygens (including phenoxy) is 2. The molecule has 0 fully saturated rings. The Balaban J connectivity index is 2.17. The van der Waals surface area contributed by atoms with Crippen LogP contribution >= 0.6 is 0 Å². The highest BCUT2D eigenvalue weighted by Crippen LogP contribution is 2.28. The molecule has 1 heterocycles. The van der Waals surface area contributed by atoms with Crippen LogP contribution in [0.4, 0.5) is 5.95 Å². The molecular formula is C16H22N4O2. The Labute approximate surface area is 130 Å². The second-order valence-corrected chi connectivity index (χ2v) is 5.44. The van der Waals surface area contributed by atoms with E-state index in [9.17, 15) is 0 Å². The Morgan fingerprint density at radius 1 is 1.36 bits per heavy atom. The van der Waals surface area contributed by atoms with E-state index in [4.69, 9.17) is 15.2 Å². The zero-order chi connectivity index (χ0) is 16.1. The summed E-state index contributed by atoms with van der Waals surface area (Å²) >= 11 is 0. The van der Waals surface area contributed by atoms with Crippen molar-refractivity contribution in [1.29, 1.82) is 0 Å². The summed E-state index contributed by atoms with van der Waals surface area (Å²) in [6, 6.07) is 5.67. The standard InChI is InChI=1S/C16H22N4O2/c1-11(2)10-22-14-6-5-13(7-15(14)21-4)8-18-20-9-12(3)19-16(20)17/h5-9,11H,10H2,1-4H3,(H2,17,19). The van der Waals surface area contributed by atoms with Crippen LogP contribution in [0.15, 0.2) is 29.5 Å². The lowest BCUT2D eigenvalue weighted by Gasteiger charge is -2.12. The Kier molecular flexibility index (Phi) is 5.04. The Hall–Kier alpha value is -2.50. The molecule has 2 N–H and O–H groups in total. The third-order valence-corrected chi connectivity index (χ3v) is 2.93. The number of imidazole rings is 1. The van der Waals surface area contributed by atoms with Crippen LogP contribution in [-0.2, 0) is 0 Å². The fourth-order valence-electron chi connectivity index (χ4n) is 1.87. The lowest BCUT2D eigenvalue weighted by atomic mass is 10.2. The largest absolute Gasteiger partial charge is 0.493 e. The molecule has 2 aromatic rings. The van der Waals surface area contributed by atoms with Crippen LogP contribution in [0.25, 0.3) is 0 Å². The lowest BCUT2D eigenvalue weighted by Crippen LogP contribution is -2.05. The van der Waals surface area contributed by atoms with E-state index in [0.717, 1.165) is 17.0 Å². The molecule has 6 nitrogen and oxygen atoms in total. The highest BCUT2D eigenvalue weighted by molar-refractivity contribution is 5.81. The van der Waals surface area contributed by atoms with Gasteiger partial charge in [0.15, 0.2) is 11.5 Å². The number of aryl methyl sites for hydroxylation is 1. The van der Waals surface area contributed by atoms with E-state index in [-0.39, 0.29) is 0 Å². The predicted molar refractivity (Wildman–Crippen MR) is 87.7 cm³/mol. The third kappa shape index (κ3) is 4.00. The average Bonchev–Trinajstić information content (AvgIpc) is 2.81. The summed E-state index contributed by atoms with van der Waals surface area (Å²) in [5, 5.41) is 4.28. The molecule has 0 aliphatic rings. The molecule has 1 aromatic carbocycles. The smallest absolute Gasteiger partial charge is 0.221 e. The first kappa shape index (κ1) is 15.9. The van der Waals surface area contributed by atoms with E-state index < -0.39 is 0 Å². The SMILES string of the molecule is COc1cc(C=Nn2cc(C)nc2N)ccc1OCC(C)C. The van der Waals surface area contributed by atoms with Crippen LogP contribution in [0.2, 0.25) is 0 Å². The maximum Gasteiger partial charge on any atom is 0.221 e. The summed E-state index contributed by atoms with van der Waals surface area (Å²) in [4.78, 5) is 4.09. The lowest BCUT2D eigenvalue weighted by molar-refractivity contribution is 0.257. The molecule has 0 aliphatic heterocycles. The molecule has 0 spiro atoms. The van der Waals surface area contributed by atoms with Gasteiger partial charge in [0.25, 0.3) is 0 Å². The Morgan fingerprint density at radius 3 is 2.73 bits per heavy atom. The van der Waals surface area contributed by atoms with Crippen LogP contribution in [0.1, 0.15) is 25.1 Å². The van der Waals surface area contributed by atoms with Gasteiger partial charge < -0.3 is 15.2 Å². The summed E-state index contributed by atoms with van der Waals surface area (Å²) in [5.41, 5.74) is 7.46. The van der Waals surface area contributed by atoms with Crippen molar-refractivity contribution in [2.24, 2.45) is 11.0 Å². The van der Waals surface area contributed by atoms with Crippen molar-refractivity contribution < 1.29 is 9.47 Å². The molecule has 0 radical (unpaired) electrons. The van der Waals surface area contributed by atoms with Gasteiger partial charge in [-0.05, 0) is 36.6 Å². The van der Waals surface area contributed by atoms with E-state index >= 15 is 0 Å². The molecule has 0 saturated carbocycles. The predicted octanol–water partition coefficient (Wildman–Crippen LogP) is 2.70. The second-order valence-electron chi connectivity index (χ2n) is 5.44. The summed E-state index contributed by atoms with van der Waals surface area (Å²) < 4.78 is 12.6. The first-order valence-corrected chi connectivity index (χ1v) is 7.16. The molecular weight excluding hydrogens is 280 g/mol. The third-order valence-electron chi connectivity index (χ3n) is 2.93. The molecule has 0 saturated heterocycles. The number of aromatic nitrogens is 2. The fourth-order valence-corrected chi connectivity index (χ4v) is 1.87. The van der Waals surface area contributed by atoms with E-state index in [1.807, 2.05) is 25.1 Å². The van der Waals surface area contributed by atoms with Crippen LogP contribution < -0.4 is 15.2 Å². The Morgan fingerprint density at radius 2 is 2.14 bits per heavy atom. The molecule has 1 aromatic heterocycles. The molecule has 0 unspecified atom stereocenters. The second kappa shape index (κ2) is 6.98. The van der Waals surface area contributed by atoms with Crippen molar-refractivity contribution in [3.63, 3.8) is 0 Å². The first-order valence-electron chi connectivity index (χ1n) is 7.16. The number of nitrogens with two attached hydrogens (primary N) is 1. The minimum absolute atomic E-state index is 0.359. The van der Waals surface area contributed by atoms with Crippen LogP contribution in [0.5, 0.6) is 11.5 Å². The number of benzene rings is 1. The van der Waals surface area contributed by atoms with E-state index in [1.165, 1.54) is 4.68 Å². The number of methoxy groups -OCH3 is 1. The number of anilines is 1. The topological polar surface area (TPSA) is 74.7 Å². The first-order chi connectivity index (χ1) is 10.5. The molecule has 22 heavy (non-hydrogen) atoms. The fraction of sp³-hybridized carbons (Fsp3) is 0.375. The summed E-state index contributed by atoms with van der Waals surface area (Å²) in [7, 11) is 1.62. The zero-order valence-corrected chi connectivity index (χ0v) is 13.4. The number of rotatable bonds is 6. The molecule has 6 heteroatoms. The highest BCUT2D eigenvalue weighted by atomic mass is 16.5. The quantitative estimate of drug-likeness (QED) is 0.833. The van der Waals surface area contributed by atoms with Gasteiger partial charge in [0.1, 0.15) is 0 Å². The minimum atomic E-state index is 0.359. The van der Waals surface area contributed by atoms with Gasteiger partial charge >= 0.3 is 0 Å². The number of nitrogen functional groups attached to an aromatic ring is 1. The van der Waals surface area contributed by atoms with Gasteiger partial charge in [-0.15, -0.1) is 0 Å². The van der Waals surface area contributed by atoms with Crippen molar-refractivity contribution in [2.75, 3.05) is 19.5 Å². The van der Waals surface area contributed by atoms with Crippen molar-refractivity contribution in [3.05, 3.63) is 35.7 Å². The number of hydrogen-bond donors (Lipinski definition) is 1. The molecule has 118 valence electrons. The van der Waals surface area contributed by atoms with Crippen molar-refractivity contribution in [3.8, 4) is 11.5 Å². The molecule has 0 bridgehead atoms. The van der Waals surface area contributed by atoms with Crippen molar-refractivity contribution in [1.82, 2.24) is 9.66 Å². The number of hydrogen-bond acceptors (Lipinski definition) is 5. The minimum Gasteiger partial charge on any atom is -0.493 e. The van der Waals surface area contributed by atoms with E-state index in [0.29, 0.717) is 24.2 Å². The normalized spacial score (nSPS) is 11.3. The molecule has 0 aliphatic carbocycles. The van der Waals surface area contributed by atoms with Gasteiger partial charge in [0, 0.05) is 0 Å². The average molecular weight is 302 g/mol. The van der Waals surface area contributed by atoms with Crippen LogP contribution in [0, 0.1) is 12.8 Å². The van der Waals surface area contributed by atoms with Crippen molar-refractivity contribution in [2.45, 2.75) is 20.8 Å². The van der Waals surface area contributed by atoms with E-state index in [1.54, 1.807) is 19.5 Å². The molecule has 0 amide bonds. The maximum atomic E-state index is 5.75. The number of nitrogens with zero attached hydrogens (tertiary/aromatic N) is 3. The van der Waals surface area contributed by atoms with Crippen molar-refractivity contribution >= 4 is 12.2 Å². The zero-order valence-electron chi connectivity index (χ0n) is 13.4. The summed E-state index contributed by atoms with van der Waals surface area (Å²) in [6.45, 7) is 6.72. The molecule has 2 rings (SSSR count).